The average Bonchev–Trinajstić information content (AvgIpc) is 2.85. The third-order valence-corrected chi connectivity index (χ3v) is 6.88. The van der Waals surface area contributed by atoms with Crippen LogP contribution in [-0.2, 0) is 6.54 Å². The number of phenols is 1. The summed E-state index contributed by atoms with van der Waals surface area (Å²) in [5.41, 5.74) is 10.1. The van der Waals surface area contributed by atoms with Crippen molar-refractivity contribution in [2.24, 2.45) is 5.73 Å². The molecule has 0 aliphatic heterocycles. The van der Waals surface area contributed by atoms with E-state index in [1.54, 1.807) is 35.0 Å². The van der Waals surface area contributed by atoms with Crippen LogP contribution in [0.15, 0.2) is 53.5 Å². The second-order valence-corrected chi connectivity index (χ2v) is 10.7. The third-order valence-electron chi connectivity index (χ3n) is 6.66. The molecule has 0 bridgehead atoms. The van der Waals surface area contributed by atoms with Gasteiger partial charge in [-0.15, -0.1) is 0 Å². The Morgan fingerprint density at radius 2 is 1.92 bits per heavy atom. The first-order valence-electron chi connectivity index (χ1n) is 13.1. The van der Waals surface area contributed by atoms with Gasteiger partial charge in [-0.3, -0.25) is 9.36 Å². The van der Waals surface area contributed by atoms with Gasteiger partial charge in [-0.1, -0.05) is 44.0 Å². The second-order valence-electron chi connectivity index (χ2n) is 10.2. The standard InChI is InChI=1S/C30H36ClN5O2/c1-19(2)29-34-28-27(30(38)36(29)23-9-8-10-24(37)16-23)26(18-35(4)12-7-5-6-11-32)25(17-33-28)21-13-20(3)14-22(31)15-21/h8-10,13-17,19,37H,5-7,11-12,18,32H2,1-4H3. The summed E-state index contributed by atoms with van der Waals surface area (Å²) in [6, 6.07) is 12.6. The molecule has 0 fully saturated rings. The summed E-state index contributed by atoms with van der Waals surface area (Å²) in [5, 5.41) is 11.3. The van der Waals surface area contributed by atoms with E-state index < -0.39 is 0 Å². The first-order chi connectivity index (χ1) is 18.2. The van der Waals surface area contributed by atoms with E-state index in [1.165, 1.54) is 0 Å². The maximum Gasteiger partial charge on any atom is 0.267 e. The van der Waals surface area contributed by atoms with Crippen LogP contribution in [0.4, 0.5) is 0 Å². The Balaban J connectivity index is 1.98. The van der Waals surface area contributed by atoms with Crippen LogP contribution in [0.5, 0.6) is 5.75 Å². The number of aromatic nitrogens is 3. The van der Waals surface area contributed by atoms with Crippen LogP contribution in [0.2, 0.25) is 5.02 Å². The molecule has 2 heterocycles. The van der Waals surface area contributed by atoms with Gasteiger partial charge in [0.2, 0.25) is 0 Å². The number of pyridine rings is 1. The zero-order chi connectivity index (χ0) is 27.4. The van der Waals surface area contributed by atoms with Gasteiger partial charge in [0.15, 0.2) is 5.65 Å². The van der Waals surface area contributed by atoms with E-state index in [1.807, 2.05) is 32.9 Å². The number of hydrogen-bond donors (Lipinski definition) is 2. The van der Waals surface area contributed by atoms with Crippen LogP contribution < -0.4 is 11.3 Å². The molecule has 0 aliphatic carbocycles. The minimum atomic E-state index is -0.205. The molecular formula is C30H36ClN5O2. The zero-order valence-corrected chi connectivity index (χ0v) is 23.3. The molecule has 0 spiro atoms. The van der Waals surface area contributed by atoms with Crippen molar-refractivity contribution in [1.29, 1.82) is 0 Å². The number of halogens is 1. The number of hydrogen-bond acceptors (Lipinski definition) is 6. The topological polar surface area (TPSA) is 97.3 Å². The van der Waals surface area contributed by atoms with Gasteiger partial charge in [-0.25, -0.2) is 9.97 Å². The number of nitrogens with zero attached hydrogens (tertiary/aromatic N) is 4. The fraction of sp³-hybridized carbons (Fsp3) is 0.367. The molecule has 7 nitrogen and oxygen atoms in total. The third kappa shape index (κ3) is 6.07. The molecule has 0 saturated heterocycles. The van der Waals surface area contributed by atoms with Crippen molar-refractivity contribution in [2.75, 3.05) is 20.1 Å². The molecule has 0 radical (unpaired) electrons. The Labute approximate surface area is 228 Å². The number of aryl methyl sites for hydroxylation is 1. The molecule has 38 heavy (non-hydrogen) atoms. The highest BCUT2D eigenvalue weighted by atomic mass is 35.5. The number of rotatable bonds is 10. The molecule has 2 aromatic carbocycles. The molecule has 0 atom stereocenters. The van der Waals surface area contributed by atoms with Crippen LogP contribution in [0.1, 0.15) is 56.0 Å². The van der Waals surface area contributed by atoms with Crippen molar-refractivity contribution in [3.63, 3.8) is 0 Å². The summed E-state index contributed by atoms with van der Waals surface area (Å²) in [7, 11) is 2.06. The lowest BCUT2D eigenvalue weighted by Crippen LogP contribution is -2.28. The van der Waals surface area contributed by atoms with E-state index in [0.717, 1.165) is 48.1 Å². The maximum atomic E-state index is 14.3. The van der Waals surface area contributed by atoms with Gasteiger partial charge in [0.1, 0.15) is 11.6 Å². The molecule has 0 saturated carbocycles. The Bertz CT molecular complexity index is 1480. The Morgan fingerprint density at radius 3 is 2.61 bits per heavy atom. The molecule has 0 aliphatic rings. The first kappa shape index (κ1) is 27.8. The quantitative estimate of drug-likeness (QED) is 0.250. The number of unbranched alkanes of at least 4 members (excludes halogenated alkanes) is 2. The lowest BCUT2D eigenvalue weighted by molar-refractivity contribution is 0.319. The monoisotopic (exact) mass is 533 g/mol. The highest BCUT2D eigenvalue weighted by Crippen LogP contribution is 2.32. The van der Waals surface area contributed by atoms with Crippen molar-refractivity contribution in [2.45, 2.75) is 52.5 Å². The highest BCUT2D eigenvalue weighted by molar-refractivity contribution is 6.31. The predicted octanol–water partition coefficient (Wildman–Crippen LogP) is 5.80. The summed E-state index contributed by atoms with van der Waals surface area (Å²) in [5.74, 6) is 0.635. The van der Waals surface area contributed by atoms with E-state index >= 15 is 0 Å². The Kier molecular flexibility index (Phi) is 8.82. The second kappa shape index (κ2) is 12.1. The van der Waals surface area contributed by atoms with E-state index in [9.17, 15) is 9.90 Å². The molecule has 8 heteroatoms. The van der Waals surface area contributed by atoms with Crippen LogP contribution >= 0.6 is 11.6 Å². The molecule has 0 unspecified atom stereocenters. The molecule has 4 rings (SSSR count). The SMILES string of the molecule is Cc1cc(Cl)cc(-c2cnc3nc(C(C)C)n(-c4cccc(O)c4)c(=O)c3c2CN(C)CCCCCN)c1. The summed E-state index contributed by atoms with van der Waals surface area (Å²) >= 11 is 6.44. The molecule has 3 N–H and O–H groups in total. The predicted molar refractivity (Wildman–Crippen MR) is 155 cm³/mol. The van der Waals surface area contributed by atoms with Crippen molar-refractivity contribution in [1.82, 2.24) is 19.4 Å². The van der Waals surface area contributed by atoms with Crippen LogP contribution in [0.25, 0.3) is 27.8 Å². The molecule has 4 aromatic rings. The van der Waals surface area contributed by atoms with E-state index in [0.29, 0.717) is 40.7 Å². The summed E-state index contributed by atoms with van der Waals surface area (Å²) in [6.45, 7) is 8.09. The number of nitrogens with two attached hydrogens (primary N) is 1. The highest BCUT2D eigenvalue weighted by Gasteiger charge is 2.22. The minimum absolute atomic E-state index is 0.0415. The Morgan fingerprint density at radius 1 is 1.13 bits per heavy atom. The average molecular weight is 534 g/mol. The van der Waals surface area contributed by atoms with Crippen LogP contribution in [-0.4, -0.2) is 44.7 Å². The largest absolute Gasteiger partial charge is 0.508 e. The fourth-order valence-corrected chi connectivity index (χ4v) is 5.14. The zero-order valence-electron chi connectivity index (χ0n) is 22.5. The van der Waals surface area contributed by atoms with Gasteiger partial charge < -0.3 is 15.7 Å². The summed E-state index contributed by atoms with van der Waals surface area (Å²) in [4.78, 5) is 26.1. The summed E-state index contributed by atoms with van der Waals surface area (Å²) < 4.78 is 1.60. The fourth-order valence-electron chi connectivity index (χ4n) is 4.85. The van der Waals surface area contributed by atoms with Gasteiger partial charge in [0.25, 0.3) is 5.56 Å². The Hall–Kier alpha value is -3.26. The number of phenolic OH excluding ortho intramolecular Hbond substituents is 1. The maximum absolute atomic E-state index is 14.3. The van der Waals surface area contributed by atoms with E-state index in [4.69, 9.17) is 22.3 Å². The molecular weight excluding hydrogens is 498 g/mol. The first-order valence-corrected chi connectivity index (χ1v) is 13.5. The van der Waals surface area contributed by atoms with Crippen LogP contribution in [0.3, 0.4) is 0 Å². The van der Waals surface area contributed by atoms with Crippen LogP contribution in [0, 0.1) is 6.92 Å². The number of aromatic hydroxyl groups is 1. The molecule has 200 valence electrons. The van der Waals surface area contributed by atoms with Gasteiger partial charge in [0.05, 0.1) is 11.1 Å². The normalized spacial score (nSPS) is 11.7. The lowest BCUT2D eigenvalue weighted by Gasteiger charge is -2.22. The van der Waals surface area contributed by atoms with Crippen molar-refractivity contribution in [3.8, 4) is 22.6 Å². The van der Waals surface area contributed by atoms with Crippen molar-refractivity contribution >= 4 is 22.6 Å². The van der Waals surface area contributed by atoms with Gasteiger partial charge >= 0.3 is 0 Å². The summed E-state index contributed by atoms with van der Waals surface area (Å²) in [6.07, 6.45) is 4.88. The van der Waals surface area contributed by atoms with Gasteiger partial charge in [-0.05, 0) is 80.9 Å². The minimum Gasteiger partial charge on any atom is -0.508 e. The number of benzene rings is 2. The molecule has 0 amide bonds. The number of fused-ring (bicyclic) bond motifs is 1. The van der Waals surface area contributed by atoms with Crippen molar-refractivity contribution < 1.29 is 5.11 Å². The van der Waals surface area contributed by atoms with Crippen molar-refractivity contribution in [3.05, 3.63) is 81.0 Å². The van der Waals surface area contributed by atoms with Gasteiger partial charge in [0, 0.05) is 35.3 Å². The molecule has 2 aromatic heterocycles. The smallest absolute Gasteiger partial charge is 0.267 e. The van der Waals surface area contributed by atoms with E-state index in [-0.39, 0.29) is 17.2 Å². The van der Waals surface area contributed by atoms with Gasteiger partial charge in [-0.2, -0.15) is 0 Å². The van der Waals surface area contributed by atoms with E-state index in [2.05, 4.69) is 23.0 Å². The lowest BCUT2D eigenvalue weighted by atomic mass is 9.97.